The minimum atomic E-state index is -5.11. The molecule has 0 bridgehead atoms. The standard InChI is InChI=1S/C41H37N5O10S2.Na/c1-27-22-37(45-46-40-39(58(51,52)53)24-29-23-32(12-17-35(29)41(40)48)42-30-6-4-3-5-7-30)38(54-2)25-36(27)44-43-31-10-15-34(16-11-31)57(49,50)26-28-8-13-33(14-9-28)56-21-20-55-19-18-47;/h3-18,22-25,42,48H,19-21,26H2,1-2H3,(H,51,52,53);/q;+1/p-1. The average molecular weight is 846 g/mol. The van der Waals surface area contributed by atoms with Crippen molar-refractivity contribution in [3.8, 4) is 17.2 Å². The largest absolute Gasteiger partial charge is 1.00 e. The molecule has 0 radical (unpaired) electrons. The Balaban J connectivity index is 0.00000661. The molecule has 0 amide bonds. The maximum absolute atomic E-state index is 13.1. The van der Waals surface area contributed by atoms with Gasteiger partial charge in [-0.2, -0.15) is 10.2 Å². The molecule has 6 aromatic rings. The van der Waals surface area contributed by atoms with Crippen molar-refractivity contribution in [1.29, 1.82) is 0 Å². The van der Waals surface area contributed by atoms with Crippen molar-refractivity contribution in [2.24, 2.45) is 20.5 Å². The molecule has 6 aromatic carbocycles. The number of benzene rings is 6. The van der Waals surface area contributed by atoms with E-state index in [1.54, 1.807) is 55.5 Å². The second-order valence-corrected chi connectivity index (χ2v) is 16.0. The molecule has 0 atom stereocenters. The van der Waals surface area contributed by atoms with Crippen LogP contribution in [0.25, 0.3) is 10.8 Å². The van der Waals surface area contributed by atoms with Gasteiger partial charge in [-0.3, -0.25) is 0 Å². The van der Waals surface area contributed by atoms with E-state index < -0.39 is 36.3 Å². The third-order valence-electron chi connectivity index (χ3n) is 8.57. The predicted octanol–water partition coefficient (Wildman–Crippen LogP) is 5.91. The van der Waals surface area contributed by atoms with Crippen LogP contribution in [0.3, 0.4) is 0 Å². The van der Waals surface area contributed by atoms with Gasteiger partial charge in [0.2, 0.25) is 0 Å². The molecule has 0 fully saturated rings. The number of hydrogen-bond acceptors (Lipinski definition) is 15. The minimum absolute atomic E-state index is 0. The number of phenols is 1. The van der Waals surface area contributed by atoms with Gasteiger partial charge in [0.1, 0.15) is 52.5 Å². The molecular weight excluding hydrogens is 810 g/mol. The second kappa shape index (κ2) is 20.0. The van der Waals surface area contributed by atoms with E-state index in [4.69, 9.17) is 14.2 Å². The molecule has 0 saturated heterocycles. The first-order valence-corrected chi connectivity index (χ1v) is 20.6. The number of ether oxygens (including phenoxy) is 3. The Morgan fingerprint density at radius 2 is 1.49 bits per heavy atom. The fourth-order valence-electron chi connectivity index (χ4n) is 5.69. The fourth-order valence-corrected chi connectivity index (χ4v) is 7.68. The number of aryl methyl sites for hydroxylation is 1. The van der Waals surface area contributed by atoms with Gasteiger partial charge in [-0.15, -0.1) is 10.2 Å². The van der Waals surface area contributed by atoms with Crippen LogP contribution in [0.4, 0.5) is 34.1 Å². The maximum Gasteiger partial charge on any atom is 1.00 e. The molecule has 0 aliphatic heterocycles. The summed E-state index contributed by atoms with van der Waals surface area (Å²) >= 11 is 0. The molecule has 59 heavy (non-hydrogen) atoms. The van der Waals surface area contributed by atoms with Crippen molar-refractivity contribution in [3.05, 3.63) is 126 Å². The smallest absolute Gasteiger partial charge is 0.744 e. The van der Waals surface area contributed by atoms with E-state index in [1.165, 1.54) is 37.4 Å². The van der Waals surface area contributed by atoms with E-state index in [0.717, 1.165) is 11.8 Å². The summed E-state index contributed by atoms with van der Waals surface area (Å²) in [6, 6.07) is 30.9. The van der Waals surface area contributed by atoms with Crippen molar-refractivity contribution >= 4 is 71.1 Å². The predicted molar refractivity (Wildman–Crippen MR) is 216 cm³/mol. The van der Waals surface area contributed by atoms with Gasteiger partial charge < -0.3 is 34.0 Å². The van der Waals surface area contributed by atoms with Crippen molar-refractivity contribution in [2.75, 3.05) is 32.2 Å². The van der Waals surface area contributed by atoms with Crippen LogP contribution in [0.2, 0.25) is 0 Å². The van der Waals surface area contributed by atoms with Crippen molar-refractivity contribution < 1.29 is 75.1 Å². The average Bonchev–Trinajstić information content (AvgIpc) is 3.20. The van der Waals surface area contributed by atoms with E-state index >= 15 is 0 Å². The fraction of sp³-hybridized carbons (Fsp3) is 0.146. The van der Waals surface area contributed by atoms with E-state index in [0.29, 0.717) is 40.2 Å². The normalized spacial score (nSPS) is 11.8. The molecule has 0 saturated carbocycles. The third kappa shape index (κ3) is 11.6. The Labute approximate surface area is 362 Å². The number of fused-ring (bicyclic) bond motifs is 1. The zero-order valence-electron chi connectivity index (χ0n) is 32.1. The number of rotatable bonds is 17. The second-order valence-electron chi connectivity index (χ2n) is 12.7. The molecule has 6 rings (SSSR count). The molecule has 0 aliphatic rings. The first kappa shape index (κ1) is 44.6. The third-order valence-corrected chi connectivity index (χ3v) is 11.1. The topological polar surface area (TPSA) is 218 Å². The number of hydrogen-bond donors (Lipinski definition) is 2. The van der Waals surface area contributed by atoms with Crippen LogP contribution < -0.4 is 44.3 Å². The number of anilines is 2. The zero-order valence-corrected chi connectivity index (χ0v) is 35.7. The molecular formula is C41H36N5NaO10S2. The summed E-state index contributed by atoms with van der Waals surface area (Å²) in [5, 5.41) is 31.6. The number of azo groups is 2. The number of para-hydroxylation sites is 1. The molecule has 0 aliphatic carbocycles. The number of aldehydes is 1. The van der Waals surface area contributed by atoms with Crippen LogP contribution >= 0.6 is 0 Å². The quantitative estimate of drug-likeness (QED) is 0.0361. The van der Waals surface area contributed by atoms with Gasteiger partial charge in [0.05, 0.1) is 40.6 Å². The van der Waals surface area contributed by atoms with Gasteiger partial charge in [0, 0.05) is 22.8 Å². The van der Waals surface area contributed by atoms with Gasteiger partial charge in [0.15, 0.2) is 15.6 Å². The van der Waals surface area contributed by atoms with Gasteiger partial charge in [-0.1, -0.05) is 30.3 Å². The molecule has 2 N–H and O–H groups in total. The molecule has 15 nitrogen and oxygen atoms in total. The van der Waals surface area contributed by atoms with E-state index in [-0.39, 0.29) is 82.2 Å². The molecule has 0 heterocycles. The summed E-state index contributed by atoms with van der Waals surface area (Å²) in [6.07, 6.45) is 0.653. The zero-order chi connectivity index (χ0) is 41.3. The monoisotopic (exact) mass is 845 g/mol. The first-order valence-electron chi connectivity index (χ1n) is 17.5. The summed E-state index contributed by atoms with van der Waals surface area (Å²) < 4.78 is 79.4. The number of phenolic OH excluding ortho intramolecular Hbond substituents is 1. The molecule has 18 heteroatoms. The molecule has 0 spiro atoms. The van der Waals surface area contributed by atoms with E-state index in [2.05, 4.69) is 25.8 Å². The Morgan fingerprint density at radius 3 is 2.17 bits per heavy atom. The van der Waals surface area contributed by atoms with Crippen molar-refractivity contribution in [2.45, 2.75) is 22.5 Å². The summed E-state index contributed by atoms with van der Waals surface area (Å²) in [6.45, 7) is 2.20. The van der Waals surface area contributed by atoms with Crippen LogP contribution in [0, 0.1) is 6.92 Å². The number of aromatic hydroxyl groups is 1. The number of carbonyl (C=O) groups is 1. The minimum Gasteiger partial charge on any atom is -0.744 e. The molecule has 0 unspecified atom stereocenters. The molecule has 298 valence electrons. The van der Waals surface area contributed by atoms with Gasteiger partial charge >= 0.3 is 29.6 Å². The SMILES string of the molecule is COc1cc(N=Nc2ccc(S(=O)(=O)Cc3ccc(OCCOCC=O)cc3)cc2)c(C)cc1N=Nc1c(S(=O)(=O)[O-])cc2cc(Nc3ccccc3)ccc2c1O.[Na+]. The van der Waals surface area contributed by atoms with Crippen molar-refractivity contribution in [3.63, 3.8) is 0 Å². The van der Waals surface area contributed by atoms with E-state index in [9.17, 15) is 31.3 Å². The Kier molecular flexibility index (Phi) is 15.1. The number of nitrogens with zero attached hydrogens (tertiary/aromatic N) is 4. The van der Waals surface area contributed by atoms with E-state index in [1.807, 2.05) is 30.3 Å². The van der Waals surface area contributed by atoms with Crippen LogP contribution in [-0.4, -0.2) is 59.7 Å². The van der Waals surface area contributed by atoms with Crippen LogP contribution in [-0.2, 0) is 35.2 Å². The summed E-state index contributed by atoms with van der Waals surface area (Å²) in [5.74, 6) is -0.0619. The number of nitrogens with one attached hydrogen (secondary N) is 1. The van der Waals surface area contributed by atoms with Crippen LogP contribution in [0.15, 0.2) is 146 Å². The Morgan fingerprint density at radius 1 is 0.780 bits per heavy atom. The van der Waals surface area contributed by atoms with Crippen molar-refractivity contribution in [1.82, 2.24) is 0 Å². The van der Waals surface area contributed by atoms with Gasteiger partial charge in [0.25, 0.3) is 0 Å². The maximum atomic E-state index is 13.1. The molecule has 0 aromatic heterocycles. The summed E-state index contributed by atoms with van der Waals surface area (Å²) in [5.41, 5.74) is 2.89. The number of carbonyl (C=O) groups excluding carboxylic acids is 1. The number of sulfone groups is 1. The Bertz CT molecular complexity index is 2720. The van der Waals surface area contributed by atoms with Crippen LogP contribution in [0.1, 0.15) is 11.1 Å². The van der Waals surface area contributed by atoms with Crippen LogP contribution in [0.5, 0.6) is 17.2 Å². The Hall–Kier alpha value is -5.53. The summed E-state index contributed by atoms with van der Waals surface area (Å²) in [4.78, 5) is 9.66. The van der Waals surface area contributed by atoms with Gasteiger partial charge in [-0.05, 0) is 102 Å². The van der Waals surface area contributed by atoms with Gasteiger partial charge in [-0.25, -0.2) is 16.8 Å². The summed E-state index contributed by atoms with van der Waals surface area (Å²) in [7, 11) is -7.42. The first-order chi connectivity index (χ1) is 27.8. The number of methoxy groups -OCH3 is 1.